The standard InChI is InChI=1S/C20H25N5OS/c1-20(2)10-14-16(15(26)11-20)17(12-6-8-13(9-7-12)24(3)4)25-18(21-14)22-19(23-25)27-5/h6-9,17H,10-11H2,1-5H3,(H,21,22,23)/t17-/m0/s1. The van der Waals surface area contributed by atoms with Crippen LogP contribution in [0.2, 0.25) is 0 Å². The second-order valence-corrected chi connectivity index (χ2v) is 8.99. The molecule has 0 saturated heterocycles. The summed E-state index contributed by atoms with van der Waals surface area (Å²) in [4.78, 5) is 19.8. The summed E-state index contributed by atoms with van der Waals surface area (Å²) < 4.78 is 1.87. The molecular formula is C20H25N5OS. The topological polar surface area (TPSA) is 63.1 Å². The van der Waals surface area contributed by atoms with Gasteiger partial charge in [-0.05, 0) is 35.8 Å². The summed E-state index contributed by atoms with van der Waals surface area (Å²) in [5.41, 5.74) is 3.96. The number of aromatic nitrogens is 3. The highest BCUT2D eigenvalue weighted by Crippen LogP contribution is 2.45. The molecule has 0 bridgehead atoms. The highest BCUT2D eigenvalue weighted by atomic mass is 32.2. The number of carbonyl (C=O) groups is 1. The first-order chi connectivity index (χ1) is 12.8. The van der Waals surface area contributed by atoms with E-state index in [-0.39, 0.29) is 17.2 Å². The van der Waals surface area contributed by atoms with Crippen LogP contribution in [0.3, 0.4) is 0 Å². The molecule has 2 aromatic rings. The van der Waals surface area contributed by atoms with E-state index in [2.05, 4.69) is 58.4 Å². The predicted molar refractivity (Wildman–Crippen MR) is 109 cm³/mol. The lowest BCUT2D eigenvalue weighted by molar-refractivity contribution is -0.118. The maximum absolute atomic E-state index is 13.1. The van der Waals surface area contributed by atoms with Gasteiger partial charge in [0.15, 0.2) is 5.78 Å². The van der Waals surface area contributed by atoms with E-state index in [4.69, 9.17) is 0 Å². The Kier molecular flexibility index (Phi) is 4.29. The van der Waals surface area contributed by atoms with E-state index in [1.54, 1.807) is 0 Å². The maximum atomic E-state index is 13.1. The van der Waals surface area contributed by atoms with E-state index < -0.39 is 0 Å². The molecule has 0 saturated carbocycles. The van der Waals surface area contributed by atoms with Gasteiger partial charge in [0.25, 0.3) is 0 Å². The molecule has 2 heterocycles. The summed E-state index contributed by atoms with van der Waals surface area (Å²) in [7, 11) is 4.04. The number of anilines is 2. The number of rotatable bonds is 3. The zero-order valence-electron chi connectivity index (χ0n) is 16.4. The Hall–Kier alpha value is -2.28. The van der Waals surface area contributed by atoms with Crippen LogP contribution in [0.15, 0.2) is 40.7 Å². The third-order valence-corrected chi connectivity index (χ3v) is 5.76. The lowest BCUT2D eigenvalue weighted by Crippen LogP contribution is -2.36. The zero-order chi connectivity index (χ0) is 19.3. The summed E-state index contributed by atoms with van der Waals surface area (Å²) in [5, 5.41) is 8.76. The molecule has 6 nitrogen and oxygen atoms in total. The quantitative estimate of drug-likeness (QED) is 0.815. The van der Waals surface area contributed by atoms with Gasteiger partial charge in [0.2, 0.25) is 11.1 Å². The Balaban J connectivity index is 1.86. The van der Waals surface area contributed by atoms with Crippen molar-refractivity contribution in [2.45, 2.75) is 37.9 Å². The van der Waals surface area contributed by atoms with Crippen molar-refractivity contribution in [2.75, 3.05) is 30.6 Å². The van der Waals surface area contributed by atoms with E-state index in [1.807, 2.05) is 25.0 Å². The van der Waals surface area contributed by atoms with Gasteiger partial charge in [-0.1, -0.05) is 37.7 Å². The maximum Gasteiger partial charge on any atom is 0.227 e. The fourth-order valence-corrected chi connectivity index (χ4v) is 4.29. The fourth-order valence-electron chi connectivity index (χ4n) is 3.94. The van der Waals surface area contributed by atoms with Crippen LogP contribution in [-0.2, 0) is 4.79 Å². The van der Waals surface area contributed by atoms with Crippen molar-refractivity contribution >= 4 is 29.2 Å². The number of thioether (sulfide) groups is 1. The van der Waals surface area contributed by atoms with Gasteiger partial charge in [0, 0.05) is 37.5 Å². The molecule has 1 aromatic carbocycles. The summed E-state index contributed by atoms with van der Waals surface area (Å²) in [5.74, 6) is 0.910. The second-order valence-electron chi connectivity index (χ2n) is 8.21. The summed E-state index contributed by atoms with van der Waals surface area (Å²) in [6.45, 7) is 4.29. The number of nitrogens with zero attached hydrogens (tertiary/aromatic N) is 4. The van der Waals surface area contributed by atoms with Gasteiger partial charge < -0.3 is 10.2 Å². The monoisotopic (exact) mass is 383 g/mol. The van der Waals surface area contributed by atoms with Crippen LogP contribution in [0, 0.1) is 5.41 Å². The molecule has 0 unspecified atom stereocenters. The normalized spacial score (nSPS) is 20.8. The number of carbonyl (C=O) groups excluding carboxylic acids is 1. The molecular weight excluding hydrogens is 358 g/mol. The molecule has 0 spiro atoms. The van der Waals surface area contributed by atoms with E-state index in [9.17, 15) is 4.79 Å². The van der Waals surface area contributed by atoms with Crippen LogP contribution in [0.1, 0.15) is 38.3 Å². The zero-order valence-corrected chi connectivity index (χ0v) is 17.2. The van der Waals surface area contributed by atoms with Gasteiger partial charge in [-0.25, -0.2) is 4.68 Å². The Bertz CT molecular complexity index is 926. The number of hydrogen-bond acceptors (Lipinski definition) is 6. The van der Waals surface area contributed by atoms with E-state index >= 15 is 0 Å². The van der Waals surface area contributed by atoms with Crippen LogP contribution in [0.5, 0.6) is 0 Å². The molecule has 4 rings (SSSR count). The molecule has 27 heavy (non-hydrogen) atoms. The number of nitrogens with one attached hydrogen (secondary N) is 1. The smallest absolute Gasteiger partial charge is 0.227 e. The number of allylic oxidation sites excluding steroid dienone is 2. The van der Waals surface area contributed by atoms with Gasteiger partial charge in [-0.15, -0.1) is 5.10 Å². The number of benzene rings is 1. The molecule has 0 fully saturated rings. The van der Waals surface area contributed by atoms with Gasteiger partial charge in [-0.3, -0.25) is 4.79 Å². The second kappa shape index (κ2) is 6.41. The Morgan fingerprint density at radius 2 is 1.93 bits per heavy atom. The Morgan fingerprint density at radius 1 is 1.22 bits per heavy atom. The van der Waals surface area contributed by atoms with E-state index in [0.717, 1.165) is 28.9 Å². The van der Waals surface area contributed by atoms with Crippen LogP contribution >= 0.6 is 11.8 Å². The number of fused-ring (bicyclic) bond motifs is 1. The molecule has 1 aliphatic carbocycles. The van der Waals surface area contributed by atoms with Crippen molar-refractivity contribution < 1.29 is 4.79 Å². The minimum Gasteiger partial charge on any atom is -0.378 e. The first-order valence-electron chi connectivity index (χ1n) is 9.10. The molecule has 1 aliphatic heterocycles. The number of hydrogen-bond donors (Lipinski definition) is 1. The molecule has 7 heteroatoms. The average Bonchev–Trinajstić information content (AvgIpc) is 3.01. The molecule has 1 N–H and O–H groups in total. The molecule has 0 amide bonds. The predicted octanol–water partition coefficient (Wildman–Crippen LogP) is 3.72. The van der Waals surface area contributed by atoms with Crippen molar-refractivity contribution in [3.63, 3.8) is 0 Å². The fraction of sp³-hybridized carbons (Fsp3) is 0.450. The first-order valence-corrected chi connectivity index (χ1v) is 10.3. The number of Topliss-reactive ketones (excluding diaryl/α,β-unsaturated/α-hetero) is 1. The largest absolute Gasteiger partial charge is 0.378 e. The molecule has 2 aliphatic rings. The first kappa shape index (κ1) is 18.1. The Labute approximate surface area is 164 Å². The average molecular weight is 384 g/mol. The van der Waals surface area contributed by atoms with Crippen LogP contribution < -0.4 is 10.2 Å². The van der Waals surface area contributed by atoms with Crippen molar-refractivity contribution in [1.29, 1.82) is 0 Å². The third-order valence-electron chi connectivity index (χ3n) is 5.22. The van der Waals surface area contributed by atoms with Gasteiger partial charge in [-0.2, -0.15) is 4.98 Å². The van der Waals surface area contributed by atoms with Crippen LogP contribution in [0.25, 0.3) is 0 Å². The van der Waals surface area contributed by atoms with Gasteiger partial charge in [0.05, 0.1) is 0 Å². The molecule has 1 atom stereocenters. The van der Waals surface area contributed by atoms with Crippen LogP contribution in [-0.4, -0.2) is 40.9 Å². The van der Waals surface area contributed by atoms with E-state index in [1.165, 1.54) is 11.8 Å². The van der Waals surface area contributed by atoms with Crippen molar-refractivity contribution in [3.05, 3.63) is 41.1 Å². The highest BCUT2D eigenvalue weighted by molar-refractivity contribution is 7.98. The van der Waals surface area contributed by atoms with Crippen molar-refractivity contribution in [1.82, 2.24) is 14.8 Å². The van der Waals surface area contributed by atoms with Crippen molar-refractivity contribution in [3.8, 4) is 0 Å². The summed E-state index contributed by atoms with van der Waals surface area (Å²) in [6, 6.07) is 8.12. The summed E-state index contributed by atoms with van der Waals surface area (Å²) in [6.07, 6.45) is 3.35. The highest BCUT2D eigenvalue weighted by Gasteiger charge is 2.41. The van der Waals surface area contributed by atoms with Crippen LogP contribution in [0.4, 0.5) is 11.6 Å². The van der Waals surface area contributed by atoms with Gasteiger partial charge >= 0.3 is 0 Å². The lowest BCUT2D eigenvalue weighted by atomic mass is 9.73. The summed E-state index contributed by atoms with van der Waals surface area (Å²) >= 11 is 1.51. The lowest BCUT2D eigenvalue weighted by Gasteiger charge is -2.38. The van der Waals surface area contributed by atoms with Gasteiger partial charge in [0.1, 0.15) is 6.04 Å². The minimum atomic E-state index is -0.232. The third kappa shape index (κ3) is 3.14. The van der Waals surface area contributed by atoms with Crippen molar-refractivity contribution in [2.24, 2.45) is 5.41 Å². The SMILES string of the molecule is CSc1nc2n(n1)[C@@H](c1ccc(N(C)C)cc1)C1=C(CC(C)(C)CC1=O)N2. The molecule has 142 valence electrons. The Morgan fingerprint density at radius 3 is 2.56 bits per heavy atom. The minimum absolute atomic E-state index is 0.0488. The molecule has 0 radical (unpaired) electrons. The molecule has 1 aromatic heterocycles. The number of ketones is 1. The van der Waals surface area contributed by atoms with E-state index in [0.29, 0.717) is 17.5 Å².